The van der Waals surface area contributed by atoms with E-state index in [9.17, 15) is 5.11 Å². The van der Waals surface area contributed by atoms with E-state index in [4.69, 9.17) is 4.74 Å². The summed E-state index contributed by atoms with van der Waals surface area (Å²) in [6.45, 7) is 2.12. The van der Waals surface area contributed by atoms with Crippen molar-refractivity contribution in [1.82, 2.24) is 0 Å². The topological polar surface area (TPSA) is 29.5 Å². The SMILES string of the molecule is COc1ccccc1C1CCC(O)C1C. The molecule has 0 aromatic heterocycles. The maximum absolute atomic E-state index is 9.75. The average Bonchev–Trinajstić information content (AvgIpc) is 2.60. The second-order valence-corrected chi connectivity index (χ2v) is 4.35. The molecule has 2 nitrogen and oxygen atoms in total. The molecule has 1 aromatic rings. The van der Waals surface area contributed by atoms with Gasteiger partial charge in [-0.2, -0.15) is 0 Å². The van der Waals surface area contributed by atoms with Crippen LogP contribution >= 0.6 is 0 Å². The minimum atomic E-state index is -0.153. The van der Waals surface area contributed by atoms with Gasteiger partial charge in [0.2, 0.25) is 0 Å². The van der Waals surface area contributed by atoms with Gasteiger partial charge in [-0.1, -0.05) is 25.1 Å². The molecule has 0 aliphatic heterocycles. The Hall–Kier alpha value is -1.02. The summed E-state index contributed by atoms with van der Waals surface area (Å²) in [5, 5.41) is 9.75. The molecule has 15 heavy (non-hydrogen) atoms. The van der Waals surface area contributed by atoms with Crippen LogP contribution in [-0.2, 0) is 0 Å². The largest absolute Gasteiger partial charge is 0.496 e. The number of para-hydroxylation sites is 1. The predicted molar refractivity (Wildman–Crippen MR) is 60.1 cm³/mol. The summed E-state index contributed by atoms with van der Waals surface area (Å²) in [7, 11) is 1.70. The van der Waals surface area contributed by atoms with Crippen molar-refractivity contribution >= 4 is 0 Å². The fourth-order valence-corrected chi connectivity index (χ4v) is 2.56. The van der Waals surface area contributed by atoms with Crippen molar-refractivity contribution in [2.24, 2.45) is 5.92 Å². The molecule has 0 radical (unpaired) electrons. The van der Waals surface area contributed by atoms with Crippen molar-refractivity contribution in [2.45, 2.75) is 31.8 Å². The first-order valence-corrected chi connectivity index (χ1v) is 5.55. The molecule has 0 amide bonds. The third kappa shape index (κ3) is 1.86. The summed E-state index contributed by atoms with van der Waals surface area (Å²) >= 11 is 0. The first-order valence-electron chi connectivity index (χ1n) is 5.55. The summed E-state index contributed by atoms with van der Waals surface area (Å²) in [5.74, 6) is 1.72. The van der Waals surface area contributed by atoms with E-state index < -0.39 is 0 Å². The first-order chi connectivity index (χ1) is 7.24. The molecule has 1 saturated carbocycles. The Morgan fingerprint density at radius 3 is 2.60 bits per heavy atom. The van der Waals surface area contributed by atoms with Crippen LogP contribution in [0.3, 0.4) is 0 Å². The fourth-order valence-electron chi connectivity index (χ4n) is 2.56. The lowest BCUT2D eigenvalue weighted by molar-refractivity contribution is 0.136. The lowest BCUT2D eigenvalue weighted by Gasteiger charge is -2.20. The van der Waals surface area contributed by atoms with Crippen LogP contribution in [0.15, 0.2) is 24.3 Å². The van der Waals surface area contributed by atoms with Gasteiger partial charge in [-0.05, 0) is 36.3 Å². The Kier molecular flexibility index (Phi) is 2.96. The normalized spacial score (nSPS) is 30.5. The van der Waals surface area contributed by atoms with Crippen molar-refractivity contribution < 1.29 is 9.84 Å². The summed E-state index contributed by atoms with van der Waals surface area (Å²) in [5.41, 5.74) is 1.24. The molecule has 2 heteroatoms. The minimum Gasteiger partial charge on any atom is -0.496 e. The Labute approximate surface area is 90.9 Å². The Morgan fingerprint density at radius 1 is 1.27 bits per heavy atom. The third-order valence-electron chi connectivity index (χ3n) is 3.55. The van der Waals surface area contributed by atoms with E-state index in [1.165, 1.54) is 5.56 Å². The summed E-state index contributed by atoms with van der Waals surface area (Å²) in [6.07, 6.45) is 1.81. The predicted octanol–water partition coefficient (Wildman–Crippen LogP) is 2.57. The maximum Gasteiger partial charge on any atom is 0.122 e. The van der Waals surface area contributed by atoms with E-state index in [2.05, 4.69) is 13.0 Å². The molecule has 2 rings (SSSR count). The smallest absolute Gasteiger partial charge is 0.122 e. The van der Waals surface area contributed by atoms with Gasteiger partial charge < -0.3 is 9.84 Å². The molecule has 82 valence electrons. The van der Waals surface area contributed by atoms with Crippen LogP contribution in [0.25, 0.3) is 0 Å². The molecule has 0 saturated heterocycles. The summed E-state index contributed by atoms with van der Waals surface area (Å²) in [4.78, 5) is 0. The van der Waals surface area contributed by atoms with Crippen LogP contribution < -0.4 is 4.74 Å². The molecule has 1 aromatic carbocycles. The number of rotatable bonds is 2. The second-order valence-electron chi connectivity index (χ2n) is 4.35. The van der Waals surface area contributed by atoms with Gasteiger partial charge >= 0.3 is 0 Å². The lowest BCUT2D eigenvalue weighted by Crippen LogP contribution is -2.14. The van der Waals surface area contributed by atoms with Crippen molar-refractivity contribution in [1.29, 1.82) is 0 Å². The quantitative estimate of drug-likeness (QED) is 0.805. The van der Waals surface area contributed by atoms with Crippen LogP contribution in [0, 0.1) is 5.92 Å². The number of hydrogen-bond acceptors (Lipinski definition) is 2. The highest BCUT2D eigenvalue weighted by Crippen LogP contribution is 2.42. The first kappa shape index (κ1) is 10.5. The zero-order valence-corrected chi connectivity index (χ0v) is 9.31. The van der Waals surface area contributed by atoms with Gasteiger partial charge in [0.25, 0.3) is 0 Å². The van der Waals surface area contributed by atoms with Crippen LogP contribution in [0.5, 0.6) is 5.75 Å². The zero-order chi connectivity index (χ0) is 10.8. The fraction of sp³-hybridized carbons (Fsp3) is 0.538. The van der Waals surface area contributed by atoms with Gasteiger partial charge in [0.05, 0.1) is 13.2 Å². The molecule has 0 bridgehead atoms. The van der Waals surface area contributed by atoms with Crippen LogP contribution in [0.4, 0.5) is 0 Å². The Bertz CT molecular complexity index is 335. The molecule has 1 aliphatic rings. The van der Waals surface area contributed by atoms with Crippen LogP contribution in [0.1, 0.15) is 31.2 Å². The molecule has 1 N–H and O–H groups in total. The molecule has 1 fully saturated rings. The summed E-state index contributed by atoms with van der Waals surface area (Å²) in [6, 6.07) is 8.12. The minimum absolute atomic E-state index is 0.153. The molecular formula is C13H18O2. The summed E-state index contributed by atoms with van der Waals surface area (Å²) < 4.78 is 5.36. The van der Waals surface area contributed by atoms with Crippen LogP contribution in [0.2, 0.25) is 0 Å². The van der Waals surface area contributed by atoms with Gasteiger partial charge in [0.1, 0.15) is 5.75 Å². The molecule has 1 aliphatic carbocycles. The number of hydrogen-bond donors (Lipinski definition) is 1. The van der Waals surface area contributed by atoms with Crippen LogP contribution in [-0.4, -0.2) is 18.3 Å². The van der Waals surface area contributed by atoms with Crippen molar-refractivity contribution in [2.75, 3.05) is 7.11 Å². The standard InChI is InChI=1S/C13H18O2/c1-9-10(7-8-12(9)14)11-5-3-4-6-13(11)15-2/h3-6,9-10,12,14H,7-8H2,1-2H3. The van der Waals surface area contributed by atoms with Crippen molar-refractivity contribution in [3.8, 4) is 5.75 Å². The van der Waals surface area contributed by atoms with E-state index in [1.807, 2.05) is 18.2 Å². The van der Waals surface area contributed by atoms with E-state index >= 15 is 0 Å². The number of ether oxygens (including phenoxy) is 1. The van der Waals surface area contributed by atoms with Gasteiger partial charge in [0, 0.05) is 0 Å². The number of aliphatic hydroxyl groups excluding tert-OH is 1. The zero-order valence-electron chi connectivity index (χ0n) is 9.31. The Balaban J connectivity index is 2.29. The third-order valence-corrected chi connectivity index (χ3v) is 3.55. The monoisotopic (exact) mass is 206 g/mol. The highest BCUT2D eigenvalue weighted by molar-refractivity contribution is 5.37. The number of methoxy groups -OCH3 is 1. The van der Waals surface area contributed by atoms with Gasteiger partial charge in [0.15, 0.2) is 0 Å². The number of aliphatic hydroxyl groups is 1. The van der Waals surface area contributed by atoms with E-state index in [0.717, 1.165) is 18.6 Å². The van der Waals surface area contributed by atoms with E-state index in [-0.39, 0.29) is 6.10 Å². The van der Waals surface area contributed by atoms with E-state index in [0.29, 0.717) is 11.8 Å². The second kappa shape index (κ2) is 4.23. The highest BCUT2D eigenvalue weighted by atomic mass is 16.5. The van der Waals surface area contributed by atoms with E-state index in [1.54, 1.807) is 7.11 Å². The Morgan fingerprint density at radius 2 is 2.00 bits per heavy atom. The highest BCUT2D eigenvalue weighted by Gasteiger charge is 2.33. The molecule has 3 unspecified atom stereocenters. The molecule has 0 spiro atoms. The number of benzene rings is 1. The molecule has 3 atom stereocenters. The molecular weight excluding hydrogens is 188 g/mol. The van der Waals surface area contributed by atoms with Crippen molar-refractivity contribution in [3.05, 3.63) is 29.8 Å². The van der Waals surface area contributed by atoms with Gasteiger partial charge in [-0.25, -0.2) is 0 Å². The van der Waals surface area contributed by atoms with Gasteiger partial charge in [-0.15, -0.1) is 0 Å². The average molecular weight is 206 g/mol. The maximum atomic E-state index is 9.75. The van der Waals surface area contributed by atoms with Crippen molar-refractivity contribution in [3.63, 3.8) is 0 Å². The lowest BCUT2D eigenvalue weighted by atomic mass is 9.89. The molecule has 0 heterocycles. The van der Waals surface area contributed by atoms with Gasteiger partial charge in [-0.3, -0.25) is 0 Å².